The summed E-state index contributed by atoms with van der Waals surface area (Å²) in [4.78, 5) is 4.08. The summed E-state index contributed by atoms with van der Waals surface area (Å²) in [5.41, 5.74) is 8.22. The van der Waals surface area contributed by atoms with Crippen molar-refractivity contribution < 1.29 is 9.13 Å². The average Bonchev–Trinajstić information content (AvgIpc) is 2.92. The summed E-state index contributed by atoms with van der Waals surface area (Å²) in [6.07, 6.45) is 3.43. The maximum absolute atomic E-state index is 13.1. The van der Waals surface area contributed by atoms with Crippen molar-refractivity contribution in [3.8, 4) is 5.75 Å². The van der Waals surface area contributed by atoms with E-state index in [1.807, 2.05) is 31.2 Å². The van der Waals surface area contributed by atoms with Gasteiger partial charge in [0.2, 0.25) is 5.95 Å². The molecule has 128 valence electrons. The third kappa shape index (κ3) is 4.36. The van der Waals surface area contributed by atoms with Gasteiger partial charge < -0.3 is 10.5 Å². The van der Waals surface area contributed by atoms with Crippen LogP contribution in [-0.2, 0) is 6.61 Å². The van der Waals surface area contributed by atoms with Crippen molar-refractivity contribution in [2.45, 2.75) is 13.5 Å². The fraction of sp³-hybridized carbons (Fsp3) is 0.111. The maximum Gasteiger partial charge on any atom is 0.221 e. The molecule has 0 aliphatic heterocycles. The van der Waals surface area contributed by atoms with E-state index in [1.54, 1.807) is 24.5 Å². The highest BCUT2D eigenvalue weighted by Crippen LogP contribution is 2.18. The minimum Gasteiger partial charge on any atom is -0.489 e. The van der Waals surface area contributed by atoms with E-state index in [1.165, 1.54) is 10.7 Å². The van der Waals surface area contributed by atoms with E-state index in [2.05, 4.69) is 10.1 Å². The lowest BCUT2D eigenvalue weighted by Gasteiger charge is -2.07. The molecule has 0 spiro atoms. The molecular formula is C18H16ClFN4O. The Hall–Kier alpha value is -2.86. The number of hydrogen-bond acceptors (Lipinski definition) is 4. The normalized spacial score (nSPS) is 11.2. The molecule has 1 aromatic heterocycles. The van der Waals surface area contributed by atoms with Crippen molar-refractivity contribution in [2.24, 2.45) is 5.10 Å². The van der Waals surface area contributed by atoms with Crippen LogP contribution < -0.4 is 10.5 Å². The number of nitrogen functional groups attached to an aromatic ring is 1. The lowest BCUT2D eigenvalue weighted by Crippen LogP contribution is -1.97. The van der Waals surface area contributed by atoms with Gasteiger partial charge in [-0.1, -0.05) is 17.7 Å². The molecule has 0 bridgehead atoms. The lowest BCUT2D eigenvalue weighted by atomic mass is 10.2. The molecule has 3 aromatic rings. The second-order valence-corrected chi connectivity index (χ2v) is 5.84. The molecule has 0 saturated carbocycles. The van der Waals surface area contributed by atoms with Crippen LogP contribution in [0.2, 0.25) is 5.02 Å². The Morgan fingerprint density at radius 3 is 2.68 bits per heavy atom. The molecule has 0 radical (unpaired) electrons. The molecule has 2 N–H and O–H groups in total. The third-order valence-corrected chi connectivity index (χ3v) is 3.73. The summed E-state index contributed by atoms with van der Waals surface area (Å²) in [6, 6.07) is 11.9. The predicted octanol–water partition coefficient (Wildman–Crippen LogP) is 4.03. The number of hydrogen-bond donors (Lipinski definition) is 1. The van der Waals surface area contributed by atoms with Crippen LogP contribution in [0.1, 0.15) is 16.8 Å². The summed E-state index contributed by atoms with van der Waals surface area (Å²) in [5.74, 6) is 0.588. The van der Waals surface area contributed by atoms with Crippen molar-refractivity contribution in [1.82, 2.24) is 9.66 Å². The number of ether oxygens (including phenoxy) is 1. The van der Waals surface area contributed by atoms with E-state index in [0.29, 0.717) is 18.3 Å². The van der Waals surface area contributed by atoms with Crippen LogP contribution in [0.25, 0.3) is 0 Å². The van der Waals surface area contributed by atoms with Gasteiger partial charge in [0, 0.05) is 0 Å². The second kappa shape index (κ2) is 7.36. The van der Waals surface area contributed by atoms with E-state index in [9.17, 15) is 4.39 Å². The van der Waals surface area contributed by atoms with Crippen molar-refractivity contribution in [3.05, 3.63) is 76.3 Å². The third-order valence-electron chi connectivity index (χ3n) is 3.44. The number of aryl methyl sites for hydroxylation is 1. The Bertz CT molecular complexity index is 906. The van der Waals surface area contributed by atoms with Crippen LogP contribution in [0.5, 0.6) is 5.75 Å². The van der Waals surface area contributed by atoms with Gasteiger partial charge in [0.05, 0.1) is 23.1 Å². The highest BCUT2D eigenvalue weighted by Gasteiger charge is 2.02. The summed E-state index contributed by atoms with van der Waals surface area (Å²) in [7, 11) is 0. The zero-order valence-electron chi connectivity index (χ0n) is 13.5. The Labute approximate surface area is 149 Å². The lowest BCUT2D eigenvalue weighted by molar-refractivity contribution is 0.306. The highest BCUT2D eigenvalue weighted by atomic mass is 35.5. The number of rotatable bonds is 5. The van der Waals surface area contributed by atoms with E-state index in [0.717, 1.165) is 16.8 Å². The molecule has 25 heavy (non-hydrogen) atoms. The molecule has 0 amide bonds. The fourth-order valence-corrected chi connectivity index (χ4v) is 2.37. The number of benzene rings is 2. The first kappa shape index (κ1) is 17.0. The monoisotopic (exact) mass is 358 g/mol. The van der Waals surface area contributed by atoms with Crippen molar-refractivity contribution >= 4 is 23.8 Å². The van der Waals surface area contributed by atoms with E-state index in [4.69, 9.17) is 22.1 Å². The molecule has 0 aliphatic rings. The Kier molecular flexibility index (Phi) is 5.00. The smallest absolute Gasteiger partial charge is 0.221 e. The largest absolute Gasteiger partial charge is 0.489 e. The Balaban J connectivity index is 1.62. The van der Waals surface area contributed by atoms with E-state index in [-0.39, 0.29) is 5.02 Å². The van der Waals surface area contributed by atoms with Crippen LogP contribution in [0.4, 0.5) is 10.3 Å². The first-order chi connectivity index (χ1) is 12.0. The van der Waals surface area contributed by atoms with Crippen molar-refractivity contribution in [2.75, 3.05) is 5.73 Å². The number of nitrogens with zero attached hydrogens (tertiary/aromatic N) is 3. The van der Waals surface area contributed by atoms with Gasteiger partial charge >= 0.3 is 0 Å². The Morgan fingerprint density at radius 1 is 1.28 bits per heavy atom. The van der Waals surface area contributed by atoms with Crippen LogP contribution in [0.3, 0.4) is 0 Å². The van der Waals surface area contributed by atoms with Crippen LogP contribution in [0.15, 0.2) is 53.8 Å². The summed E-state index contributed by atoms with van der Waals surface area (Å²) in [5, 5.41) is 4.34. The second-order valence-electron chi connectivity index (χ2n) is 5.44. The minimum absolute atomic E-state index is 0.0849. The molecule has 0 aliphatic carbocycles. The standard InChI is InChI=1S/C18H16ClFN4O/c1-12-10-24(18(21)23-12)22-9-13-2-5-15(6-3-13)25-11-14-4-7-17(20)16(19)8-14/h2-10H,11H2,1H3,(H2,21,23). The van der Waals surface area contributed by atoms with Crippen LogP contribution >= 0.6 is 11.6 Å². The summed E-state index contributed by atoms with van der Waals surface area (Å²) in [6.45, 7) is 2.15. The molecule has 7 heteroatoms. The highest BCUT2D eigenvalue weighted by molar-refractivity contribution is 6.30. The first-order valence-corrected chi connectivity index (χ1v) is 7.91. The number of nitrogens with two attached hydrogens (primary N) is 1. The van der Waals surface area contributed by atoms with Gasteiger partial charge in [-0.3, -0.25) is 0 Å². The number of aromatic nitrogens is 2. The van der Waals surface area contributed by atoms with Gasteiger partial charge in [-0.2, -0.15) is 5.10 Å². The minimum atomic E-state index is -0.442. The molecule has 0 fully saturated rings. The van der Waals surface area contributed by atoms with E-state index < -0.39 is 5.82 Å². The van der Waals surface area contributed by atoms with Crippen molar-refractivity contribution in [3.63, 3.8) is 0 Å². The zero-order valence-corrected chi connectivity index (χ0v) is 14.2. The maximum atomic E-state index is 13.1. The fourth-order valence-electron chi connectivity index (χ4n) is 2.17. The quantitative estimate of drug-likeness (QED) is 0.700. The zero-order chi connectivity index (χ0) is 17.8. The van der Waals surface area contributed by atoms with Gasteiger partial charge in [-0.25, -0.2) is 14.1 Å². The molecule has 0 saturated heterocycles. The summed E-state index contributed by atoms with van der Waals surface area (Å²) >= 11 is 5.75. The van der Waals surface area contributed by atoms with Gasteiger partial charge in [0.1, 0.15) is 18.2 Å². The average molecular weight is 359 g/mol. The number of anilines is 1. The number of imidazole rings is 1. The van der Waals surface area contributed by atoms with Gasteiger partial charge in [-0.05, 0) is 54.4 Å². The van der Waals surface area contributed by atoms with Gasteiger partial charge in [0.25, 0.3) is 0 Å². The topological polar surface area (TPSA) is 65.4 Å². The number of halogens is 2. The molecule has 1 heterocycles. The molecule has 0 unspecified atom stereocenters. The summed E-state index contributed by atoms with van der Waals surface area (Å²) < 4.78 is 20.3. The molecule has 0 atom stereocenters. The molecule has 5 nitrogen and oxygen atoms in total. The predicted molar refractivity (Wildman–Crippen MR) is 96.6 cm³/mol. The van der Waals surface area contributed by atoms with Crippen molar-refractivity contribution in [1.29, 1.82) is 0 Å². The first-order valence-electron chi connectivity index (χ1n) is 7.54. The molecule has 2 aromatic carbocycles. The SMILES string of the molecule is Cc1cn(N=Cc2ccc(OCc3ccc(F)c(Cl)c3)cc2)c(N)n1. The Morgan fingerprint density at radius 2 is 2.04 bits per heavy atom. The van der Waals surface area contributed by atoms with Crippen LogP contribution in [0, 0.1) is 12.7 Å². The van der Waals surface area contributed by atoms with E-state index >= 15 is 0 Å². The van der Waals surface area contributed by atoms with Crippen LogP contribution in [-0.4, -0.2) is 15.9 Å². The molecule has 3 rings (SSSR count). The van der Waals surface area contributed by atoms with Gasteiger partial charge in [-0.15, -0.1) is 0 Å². The molecular weight excluding hydrogens is 343 g/mol. The van der Waals surface area contributed by atoms with Gasteiger partial charge in [0.15, 0.2) is 0 Å².